The molecule has 1 aromatic heterocycles. The van der Waals surface area contributed by atoms with Crippen molar-refractivity contribution >= 4 is 11.8 Å². The number of amides is 2. The summed E-state index contributed by atoms with van der Waals surface area (Å²) in [5.74, 6) is 1.23. The quantitative estimate of drug-likeness (QED) is 0.897. The molecule has 1 saturated heterocycles. The third-order valence-electron chi connectivity index (χ3n) is 5.00. The second kappa shape index (κ2) is 5.02. The highest BCUT2D eigenvalue weighted by Crippen LogP contribution is 2.43. The van der Waals surface area contributed by atoms with E-state index < -0.39 is 5.72 Å². The van der Waals surface area contributed by atoms with Crippen LogP contribution in [0, 0.1) is 0 Å². The fraction of sp³-hybridized carbons (Fsp3) is 0.733. The van der Waals surface area contributed by atoms with Crippen molar-refractivity contribution in [3.63, 3.8) is 0 Å². The van der Waals surface area contributed by atoms with Gasteiger partial charge >= 0.3 is 6.03 Å². The normalized spacial score (nSPS) is 28.7. The Hall–Kier alpha value is -1.56. The van der Waals surface area contributed by atoms with E-state index in [0.717, 1.165) is 25.0 Å². The maximum absolute atomic E-state index is 11.9. The summed E-state index contributed by atoms with van der Waals surface area (Å²) in [5, 5.41) is 16.9. The van der Waals surface area contributed by atoms with Gasteiger partial charge in [-0.1, -0.05) is 31.3 Å². The number of aromatic nitrogens is 1. The predicted octanol–water partition coefficient (Wildman–Crippen LogP) is 2.52. The summed E-state index contributed by atoms with van der Waals surface area (Å²) >= 11 is 0. The van der Waals surface area contributed by atoms with Gasteiger partial charge in [-0.15, -0.1) is 0 Å². The number of hydrogen-bond acceptors (Lipinski definition) is 4. The van der Waals surface area contributed by atoms with Crippen LogP contribution in [0.5, 0.6) is 0 Å². The molecule has 0 radical (unpaired) electrons. The molecule has 3 rings (SSSR count). The third-order valence-corrected chi connectivity index (χ3v) is 5.00. The third kappa shape index (κ3) is 2.31. The average molecular weight is 293 g/mol. The van der Waals surface area contributed by atoms with Crippen LogP contribution >= 0.6 is 0 Å². The number of carbonyl (C=O) groups excluding carboxylic acids is 1. The molecule has 1 saturated carbocycles. The highest BCUT2D eigenvalue weighted by atomic mass is 16.5. The van der Waals surface area contributed by atoms with E-state index in [1.165, 1.54) is 24.2 Å². The summed E-state index contributed by atoms with van der Waals surface area (Å²) in [6, 6.07) is 1.49. The van der Waals surface area contributed by atoms with E-state index in [9.17, 15) is 9.90 Å². The number of rotatable bonds is 3. The minimum Gasteiger partial charge on any atom is -0.369 e. The lowest BCUT2D eigenvalue weighted by molar-refractivity contribution is 0.0846. The lowest BCUT2D eigenvalue weighted by Gasteiger charge is -2.33. The summed E-state index contributed by atoms with van der Waals surface area (Å²) in [7, 11) is 0. The molecule has 6 nitrogen and oxygen atoms in total. The van der Waals surface area contributed by atoms with Crippen molar-refractivity contribution in [1.82, 2.24) is 10.5 Å². The average Bonchev–Trinajstić information content (AvgIpc) is 3.05. The number of anilines is 1. The summed E-state index contributed by atoms with van der Waals surface area (Å²) in [4.78, 5) is 13.2. The van der Waals surface area contributed by atoms with E-state index in [2.05, 4.69) is 17.4 Å². The molecule has 21 heavy (non-hydrogen) atoms. The molecule has 2 N–H and O–H groups in total. The molecule has 1 aromatic rings. The van der Waals surface area contributed by atoms with E-state index >= 15 is 0 Å². The highest BCUT2D eigenvalue weighted by molar-refractivity contribution is 5.94. The van der Waals surface area contributed by atoms with Crippen LogP contribution in [0.3, 0.4) is 0 Å². The second-order valence-electron chi connectivity index (χ2n) is 6.46. The standard InChI is InChI=1S/C15H23N3O3/c1-3-15(7-5-4-6-8-15)11-9-12(17-21-11)18-13(19)16-10-14(18,2)20/h9,20H,3-8,10H2,1-2H3,(H,16,19). The van der Waals surface area contributed by atoms with Crippen molar-refractivity contribution in [3.8, 4) is 0 Å². The lowest BCUT2D eigenvalue weighted by Crippen LogP contribution is -2.44. The van der Waals surface area contributed by atoms with E-state index in [1.54, 1.807) is 6.92 Å². The number of carbonyl (C=O) groups is 1. The van der Waals surface area contributed by atoms with Gasteiger partial charge in [-0.05, 0) is 26.2 Å². The van der Waals surface area contributed by atoms with Gasteiger partial charge in [0.1, 0.15) is 5.76 Å². The Bertz CT molecular complexity index is 532. The van der Waals surface area contributed by atoms with Crippen molar-refractivity contribution in [1.29, 1.82) is 0 Å². The molecule has 1 aliphatic carbocycles. The molecular weight excluding hydrogens is 270 g/mol. The van der Waals surface area contributed by atoms with Gasteiger partial charge in [-0.3, -0.25) is 0 Å². The Morgan fingerprint density at radius 1 is 1.43 bits per heavy atom. The van der Waals surface area contributed by atoms with Crippen molar-refractivity contribution in [2.75, 3.05) is 11.4 Å². The first-order valence-corrected chi connectivity index (χ1v) is 7.76. The number of hydrogen-bond donors (Lipinski definition) is 2. The zero-order valence-electron chi connectivity index (χ0n) is 12.7. The Labute approximate surface area is 124 Å². The number of aliphatic hydroxyl groups is 1. The largest absolute Gasteiger partial charge is 0.369 e. The SMILES string of the molecule is CCC1(c2cc(N3C(=O)NCC3(C)O)no2)CCCCC1. The molecule has 0 spiro atoms. The molecule has 2 fully saturated rings. The van der Waals surface area contributed by atoms with Gasteiger partial charge in [-0.25, -0.2) is 9.69 Å². The Morgan fingerprint density at radius 2 is 2.14 bits per heavy atom. The second-order valence-corrected chi connectivity index (χ2v) is 6.46. The predicted molar refractivity (Wildman–Crippen MR) is 78.1 cm³/mol. The minimum absolute atomic E-state index is 0.0333. The van der Waals surface area contributed by atoms with Gasteiger partial charge < -0.3 is 14.9 Å². The summed E-state index contributed by atoms with van der Waals surface area (Å²) in [6.07, 6.45) is 6.87. The van der Waals surface area contributed by atoms with Gasteiger partial charge in [0.25, 0.3) is 0 Å². The smallest absolute Gasteiger partial charge is 0.325 e. The molecule has 116 valence electrons. The number of urea groups is 1. The monoisotopic (exact) mass is 293 g/mol. The maximum atomic E-state index is 11.9. The van der Waals surface area contributed by atoms with Crippen LogP contribution in [0.2, 0.25) is 0 Å². The number of nitrogens with zero attached hydrogens (tertiary/aromatic N) is 2. The van der Waals surface area contributed by atoms with Gasteiger partial charge in [0.05, 0.1) is 6.54 Å². The zero-order valence-corrected chi connectivity index (χ0v) is 12.7. The highest BCUT2D eigenvalue weighted by Gasteiger charge is 2.44. The van der Waals surface area contributed by atoms with Crippen LogP contribution in [0.1, 0.15) is 58.1 Å². The van der Waals surface area contributed by atoms with E-state index in [-0.39, 0.29) is 18.0 Å². The summed E-state index contributed by atoms with van der Waals surface area (Å²) in [5.41, 5.74) is -1.23. The first-order chi connectivity index (χ1) is 9.98. The number of nitrogens with one attached hydrogen (secondary N) is 1. The fourth-order valence-corrected chi connectivity index (χ4v) is 3.59. The van der Waals surface area contributed by atoms with Gasteiger partial charge in [0.15, 0.2) is 11.5 Å². The molecule has 6 heteroatoms. The minimum atomic E-state index is -1.27. The van der Waals surface area contributed by atoms with Crippen molar-refractivity contribution < 1.29 is 14.4 Å². The molecule has 1 unspecified atom stereocenters. The van der Waals surface area contributed by atoms with E-state index in [4.69, 9.17) is 4.52 Å². The van der Waals surface area contributed by atoms with Crippen LogP contribution in [0.15, 0.2) is 10.6 Å². The molecule has 0 aromatic carbocycles. The van der Waals surface area contributed by atoms with E-state index in [0.29, 0.717) is 5.82 Å². The van der Waals surface area contributed by atoms with Crippen molar-refractivity contribution in [3.05, 3.63) is 11.8 Å². The Balaban J connectivity index is 1.91. The van der Waals surface area contributed by atoms with Crippen LogP contribution in [0.25, 0.3) is 0 Å². The van der Waals surface area contributed by atoms with Crippen LogP contribution in [-0.4, -0.2) is 28.6 Å². The Kier molecular flexibility index (Phi) is 3.43. The molecular formula is C15H23N3O3. The Morgan fingerprint density at radius 3 is 2.71 bits per heavy atom. The number of β-amino-alcohol motifs (C(OH)–C–C–N with tert-alkyl or cyclic N) is 1. The maximum Gasteiger partial charge on any atom is 0.325 e. The van der Waals surface area contributed by atoms with Crippen LogP contribution < -0.4 is 10.2 Å². The molecule has 0 bridgehead atoms. The van der Waals surface area contributed by atoms with Crippen molar-refractivity contribution in [2.45, 2.75) is 63.5 Å². The molecule has 1 atom stereocenters. The first kappa shape index (κ1) is 14.4. The molecule has 1 aliphatic heterocycles. The summed E-state index contributed by atoms with van der Waals surface area (Å²) in [6.45, 7) is 3.95. The topological polar surface area (TPSA) is 78.6 Å². The fourth-order valence-electron chi connectivity index (χ4n) is 3.59. The van der Waals surface area contributed by atoms with Crippen molar-refractivity contribution in [2.24, 2.45) is 0 Å². The molecule has 2 heterocycles. The summed E-state index contributed by atoms with van der Waals surface area (Å²) < 4.78 is 5.57. The lowest BCUT2D eigenvalue weighted by atomic mass is 9.70. The van der Waals surface area contributed by atoms with Crippen LogP contribution in [-0.2, 0) is 5.41 Å². The molecule has 2 amide bonds. The zero-order chi connectivity index (χ0) is 15.1. The van der Waals surface area contributed by atoms with Gasteiger partial charge in [-0.2, -0.15) is 0 Å². The van der Waals surface area contributed by atoms with Crippen LogP contribution in [0.4, 0.5) is 10.6 Å². The first-order valence-electron chi connectivity index (χ1n) is 7.76. The van der Waals surface area contributed by atoms with Gasteiger partial charge in [0.2, 0.25) is 0 Å². The molecule has 2 aliphatic rings. The van der Waals surface area contributed by atoms with Gasteiger partial charge in [0, 0.05) is 11.5 Å². The van der Waals surface area contributed by atoms with E-state index in [1.807, 2.05) is 6.07 Å².